The van der Waals surface area contributed by atoms with E-state index in [1.54, 1.807) is 0 Å². The summed E-state index contributed by atoms with van der Waals surface area (Å²) in [6.07, 6.45) is -0.191. The van der Waals surface area contributed by atoms with Gasteiger partial charge in [0.15, 0.2) is 6.29 Å². The van der Waals surface area contributed by atoms with Crippen molar-refractivity contribution in [2.24, 2.45) is 0 Å². The Bertz CT molecular complexity index is 113. The van der Waals surface area contributed by atoms with Crippen LogP contribution in [0, 0.1) is 0 Å². The molecule has 1 aliphatic rings. The summed E-state index contributed by atoms with van der Waals surface area (Å²) in [6.45, 7) is 1.85. The van der Waals surface area contributed by atoms with Crippen molar-refractivity contribution in [1.82, 2.24) is 0 Å². The van der Waals surface area contributed by atoms with Gasteiger partial charge in [-0.3, -0.25) is 0 Å². The van der Waals surface area contributed by atoms with E-state index in [4.69, 9.17) is 32.7 Å². The summed E-state index contributed by atoms with van der Waals surface area (Å²) in [5.74, 6) is 0.956. The SMILES string of the molecule is CC1OC(CCl)SC(CCl)O1. The predicted octanol–water partition coefficient (Wildman–Crippen LogP) is 2.24. The Labute approximate surface area is 80.5 Å². The summed E-state index contributed by atoms with van der Waals surface area (Å²) in [6, 6.07) is 0. The fourth-order valence-electron chi connectivity index (χ4n) is 0.838. The van der Waals surface area contributed by atoms with E-state index in [1.807, 2.05) is 6.92 Å². The van der Waals surface area contributed by atoms with Crippen molar-refractivity contribution in [2.45, 2.75) is 24.1 Å². The Morgan fingerprint density at radius 1 is 1.18 bits per heavy atom. The van der Waals surface area contributed by atoms with E-state index >= 15 is 0 Å². The van der Waals surface area contributed by atoms with Gasteiger partial charge < -0.3 is 9.47 Å². The molecule has 1 saturated heterocycles. The molecule has 0 aromatic rings. The highest BCUT2D eigenvalue weighted by molar-refractivity contribution is 8.00. The smallest absolute Gasteiger partial charge is 0.157 e. The van der Waals surface area contributed by atoms with Gasteiger partial charge in [0.25, 0.3) is 0 Å². The lowest BCUT2D eigenvalue weighted by molar-refractivity contribution is -0.153. The fourth-order valence-corrected chi connectivity index (χ4v) is 2.35. The van der Waals surface area contributed by atoms with E-state index < -0.39 is 0 Å². The molecule has 2 nitrogen and oxygen atoms in total. The van der Waals surface area contributed by atoms with Gasteiger partial charge >= 0.3 is 0 Å². The first-order chi connectivity index (χ1) is 5.26. The zero-order valence-electron chi connectivity index (χ0n) is 6.13. The lowest BCUT2D eigenvalue weighted by Gasteiger charge is -2.31. The monoisotopic (exact) mass is 216 g/mol. The Morgan fingerprint density at radius 2 is 1.64 bits per heavy atom. The summed E-state index contributed by atoms with van der Waals surface area (Å²) in [5.41, 5.74) is 0.0355. The van der Waals surface area contributed by atoms with Gasteiger partial charge in [0, 0.05) is 0 Å². The topological polar surface area (TPSA) is 18.5 Å². The molecular formula is C6H10Cl2O2S. The van der Waals surface area contributed by atoms with Crippen LogP contribution in [0.2, 0.25) is 0 Å². The minimum absolute atomic E-state index is 0.0177. The van der Waals surface area contributed by atoms with Crippen LogP contribution in [0.3, 0.4) is 0 Å². The van der Waals surface area contributed by atoms with Crippen LogP contribution in [0.4, 0.5) is 0 Å². The molecule has 0 aromatic heterocycles. The van der Waals surface area contributed by atoms with Crippen LogP contribution < -0.4 is 0 Å². The van der Waals surface area contributed by atoms with Crippen molar-refractivity contribution in [3.8, 4) is 0 Å². The van der Waals surface area contributed by atoms with Crippen molar-refractivity contribution in [2.75, 3.05) is 11.8 Å². The fraction of sp³-hybridized carbons (Fsp3) is 1.00. The molecule has 0 spiro atoms. The summed E-state index contributed by atoms with van der Waals surface area (Å²) < 4.78 is 10.6. The van der Waals surface area contributed by atoms with Crippen LogP contribution in [0.5, 0.6) is 0 Å². The Hall–Kier alpha value is 0.850. The number of hydrogen-bond acceptors (Lipinski definition) is 3. The predicted molar refractivity (Wildman–Crippen MR) is 48.2 cm³/mol. The van der Waals surface area contributed by atoms with Gasteiger partial charge in [-0.2, -0.15) is 0 Å². The number of hydrogen-bond donors (Lipinski definition) is 0. The third kappa shape index (κ3) is 2.99. The van der Waals surface area contributed by atoms with Crippen molar-refractivity contribution in [3.63, 3.8) is 0 Å². The van der Waals surface area contributed by atoms with Gasteiger partial charge in [0.2, 0.25) is 0 Å². The van der Waals surface area contributed by atoms with E-state index in [0.717, 1.165) is 0 Å². The number of ether oxygens (including phenoxy) is 2. The average molecular weight is 217 g/mol. The third-order valence-corrected chi connectivity index (χ3v) is 3.33. The number of alkyl halides is 2. The zero-order chi connectivity index (χ0) is 8.27. The largest absolute Gasteiger partial charge is 0.338 e. The van der Waals surface area contributed by atoms with Gasteiger partial charge in [-0.15, -0.1) is 23.2 Å². The molecule has 1 aliphatic heterocycles. The van der Waals surface area contributed by atoms with Crippen molar-refractivity contribution in [3.05, 3.63) is 0 Å². The van der Waals surface area contributed by atoms with Gasteiger partial charge in [-0.05, 0) is 6.92 Å². The van der Waals surface area contributed by atoms with E-state index in [9.17, 15) is 0 Å². The Morgan fingerprint density at radius 3 is 2.00 bits per heavy atom. The molecule has 0 saturated carbocycles. The second-order valence-corrected chi connectivity index (χ2v) is 4.08. The molecule has 0 amide bonds. The molecule has 11 heavy (non-hydrogen) atoms. The summed E-state index contributed by atoms with van der Waals surface area (Å²) in [5, 5.41) is 0. The zero-order valence-corrected chi connectivity index (χ0v) is 8.46. The molecule has 0 bridgehead atoms. The van der Waals surface area contributed by atoms with E-state index in [0.29, 0.717) is 11.8 Å². The maximum atomic E-state index is 5.62. The third-order valence-electron chi connectivity index (χ3n) is 1.24. The maximum Gasteiger partial charge on any atom is 0.157 e. The molecule has 0 aromatic carbocycles. The highest BCUT2D eigenvalue weighted by Gasteiger charge is 2.26. The first-order valence-corrected chi connectivity index (χ1v) is 5.35. The van der Waals surface area contributed by atoms with Gasteiger partial charge in [0.05, 0.1) is 11.8 Å². The quantitative estimate of drug-likeness (QED) is 0.661. The van der Waals surface area contributed by atoms with Crippen molar-refractivity contribution < 1.29 is 9.47 Å². The van der Waals surface area contributed by atoms with E-state index in [1.165, 1.54) is 11.8 Å². The minimum atomic E-state index is -0.191. The van der Waals surface area contributed by atoms with Crippen LogP contribution in [0.1, 0.15) is 6.92 Å². The summed E-state index contributed by atoms with van der Waals surface area (Å²) in [7, 11) is 0. The molecule has 1 fully saturated rings. The Balaban J connectivity index is 2.37. The number of halogens is 2. The standard InChI is InChI=1S/C6H10Cl2O2S/c1-4-9-5(2-7)11-6(3-8)10-4/h4-6H,2-3H2,1H3. The molecule has 0 aliphatic carbocycles. The van der Waals surface area contributed by atoms with Crippen LogP contribution in [0.25, 0.3) is 0 Å². The summed E-state index contributed by atoms with van der Waals surface area (Å²) in [4.78, 5) is 0. The molecule has 2 atom stereocenters. The number of rotatable bonds is 2. The minimum Gasteiger partial charge on any atom is -0.338 e. The average Bonchev–Trinajstić information content (AvgIpc) is 2.03. The van der Waals surface area contributed by atoms with Crippen LogP contribution in [-0.4, -0.2) is 28.9 Å². The lowest BCUT2D eigenvalue weighted by Crippen LogP contribution is -2.33. The van der Waals surface area contributed by atoms with Gasteiger partial charge in [-0.1, -0.05) is 11.8 Å². The van der Waals surface area contributed by atoms with Crippen LogP contribution >= 0.6 is 35.0 Å². The second-order valence-electron chi connectivity index (χ2n) is 2.14. The van der Waals surface area contributed by atoms with Gasteiger partial charge in [0.1, 0.15) is 10.9 Å². The van der Waals surface area contributed by atoms with E-state index in [-0.39, 0.29) is 17.2 Å². The van der Waals surface area contributed by atoms with Crippen molar-refractivity contribution >= 4 is 35.0 Å². The highest BCUT2D eigenvalue weighted by Crippen LogP contribution is 2.29. The molecule has 0 radical (unpaired) electrons. The van der Waals surface area contributed by atoms with E-state index in [2.05, 4.69) is 0 Å². The molecule has 1 rings (SSSR count). The first-order valence-electron chi connectivity index (χ1n) is 3.34. The maximum absolute atomic E-state index is 5.62. The first kappa shape index (κ1) is 9.93. The lowest BCUT2D eigenvalue weighted by atomic mass is 10.7. The van der Waals surface area contributed by atoms with Crippen LogP contribution in [-0.2, 0) is 9.47 Å². The molecule has 2 unspecified atom stereocenters. The highest BCUT2D eigenvalue weighted by atomic mass is 35.5. The normalized spacial score (nSPS) is 39.0. The Kier molecular flexibility index (Phi) is 4.31. The van der Waals surface area contributed by atoms with Gasteiger partial charge in [-0.25, -0.2) is 0 Å². The second kappa shape index (κ2) is 4.77. The molecule has 1 heterocycles. The molecule has 5 heteroatoms. The molecular weight excluding hydrogens is 207 g/mol. The van der Waals surface area contributed by atoms with Crippen LogP contribution in [0.15, 0.2) is 0 Å². The number of thioether (sulfide) groups is 1. The molecule has 66 valence electrons. The molecule has 0 N–H and O–H groups in total. The summed E-state index contributed by atoms with van der Waals surface area (Å²) >= 11 is 12.8. The van der Waals surface area contributed by atoms with Crippen molar-refractivity contribution in [1.29, 1.82) is 0 Å².